The molecule has 3 nitrogen and oxygen atoms in total. The summed E-state index contributed by atoms with van der Waals surface area (Å²) < 4.78 is 24.8. The molecule has 112 valence electrons. The number of carbonyl (C=O) groups excluding carboxylic acids is 1. The summed E-state index contributed by atoms with van der Waals surface area (Å²) in [5, 5.41) is 0. The Bertz CT molecular complexity index is 779. The zero-order valence-electron chi connectivity index (χ0n) is 11.1. The van der Waals surface area contributed by atoms with Gasteiger partial charge >= 0.3 is 0 Å². The number of sulfone groups is 1. The summed E-state index contributed by atoms with van der Waals surface area (Å²) in [6.45, 7) is 1.88. The van der Waals surface area contributed by atoms with Gasteiger partial charge < -0.3 is 0 Å². The molecule has 0 saturated carbocycles. The third-order valence-corrected chi connectivity index (χ3v) is 5.74. The minimum Gasteiger partial charge on any atom is -0.293 e. The van der Waals surface area contributed by atoms with E-state index >= 15 is 0 Å². The molecule has 0 spiro atoms. The van der Waals surface area contributed by atoms with Crippen LogP contribution in [-0.4, -0.2) is 20.0 Å². The molecule has 0 aliphatic heterocycles. The summed E-state index contributed by atoms with van der Waals surface area (Å²) in [6.07, 6.45) is 0. The fourth-order valence-corrected chi connectivity index (χ4v) is 4.76. The van der Waals surface area contributed by atoms with Gasteiger partial charge in [0.2, 0.25) is 0 Å². The third kappa shape index (κ3) is 4.54. The first-order valence-electron chi connectivity index (χ1n) is 6.01. The van der Waals surface area contributed by atoms with Crippen molar-refractivity contribution in [3.05, 3.63) is 55.7 Å². The first kappa shape index (κ1) is 16.5. The van der Waals surface area contributed by atoms with Crippen LogP contribution in [0.3, 0.4) is 0 Å². The van der Waals surface area contributed by atoms with Crippen molar-refractivity contribution in [2.24, 2.45) is 0 Å². The molecule has 1 aromatic carbocycles. The maximum Gasteiger partial charge on any atom is 0.180 e. The molecule has 0 aliphatic carbocycles. The molecular weight excluding hydrogens is 351 g/mol. The molecule has 1 aromatic heterocycles. The highest BCUT2D eigenvalue weighted by Crippen LogP contribution is 2.31. The molecule has 0 bridgehead atoms. The highest BCUT2D eigenvalue weighted by atomic mass is 35.5. The van der Waals surface area contributed by atoms with Crippen LogP contribution < -0.4 is 0 Å². The third-order valence-electron chi connectivity index (χ3n) is 2.78. The number of hydrogen-bond acceptors (Lipinski definition) is 4. The standard InChI is InChI=1S/C14H12Cl2O3S2/c1-9-3-2-4-10(5-9)7-21(18,19)8-12(17)11-6-13(15)20-14(11)16/h2-6H,7-8H2,1H3. The predicted molar refractivity (Wildman–Crippen MR) is 87.3 cm³/mol. The van der Waals surface area contributed by atoms with Crippen molar-refractivity contribution in [2.75, 3.05) is 5.75 Å². The van der Waals surface area contributed by atoms with E-state index in [9.17, 15) is 13.2 Å². The van der Waals surface area contributed by atoms with E-state index in [0.29, 0.717) is 9.90 Å². The van der Waals surface area contributed by atoms with E-state index in [4.69, 9.17) is 23.2 Å². The Morgan fingerprint density at radius 3 is 2.52 bits per heavy atom. The Hall–Kier alpha value is -0.880. The van der Waals surface area contributed by atoms with Crippen molar-refractivity contribution in [3.8, 4) is 0 Å². The van der Waals surface area contributed by atoms with Crippen molar-refractivity contribution in [1.82, 2.24) is 0 Å². The Balaban J connectivity index is 2.14. The van der Waals surface area contributed by atoms with Gasteiger partial charge in [0.25, 0.3) is 0 Å². The zero-order valence-corrected chi connectivity index (χ0v) is 14.2. The smallest absolute Gasteiger partial charge is 0.180 e. The predicted octanol–water partition coefficient (Wildman–Crippen LogP) is 4.16. The molecule has 0 radical (unpaired) electrons. The normalized spacial score (nSPS) is 11.6. The molecular formula is C14H12Cl2O3S2. The molecule has 2 rings (SSSR count). The van der Waals surface area contributed by atoms with E-state index in [-0.39, 0.29) is 15.7 Å². The van der Waals surface area contributed by atoms with Gasteiger partial charge in [0, 0.05) is 5.56 Å². The van der Waals surface area contributed by atoms with Gasteiger partial charge in [-0.15, -0.1) is 11.3 Å². The van der Waals surface area contributed by atoms with E-state index in [2.05, 4.69) is 0 Å². The number of Topliss-reactive ketones (excluding diaryl/α,β-unsaturated/α-hetero) is 1. The molecule has 21 heavy (non-hydrogen) atoms. The average Bonchev–Trinajstić information content (AvgIpc) is 2.67. The van der Waals surface area contributed by atoms with Crippen LogP contribution in [0.4, 0.5) is 0 Å². The van der Waals surface area contributed by atoms with Crippen LogP contribution in [0.25, 0.3) is 0 Å². The van der Waals surface area contributed by atoms with Crippen LogP contribution in [0.1, 0.15) is 21.5 Å². The lowest BCUT2D eigenvalue weighted by atomic mass is 10.2. The van der Waals surface area contributed by atoms with Gasteiger partial charge in [-0.3, -0.25) is 4.79 Å². The lowest BCUT2D eigenvalue weighted by molar-refractivity contribution is 0.102. The molecule has 0 N–H and O–H groups in total. The second-order valence-corrected chi connectivity index (χ2v) is 9.03. The highest BCUT2D eigenvalue weighted by molar-refractivity contribution is 7.91. The average molecular weight is 363 g/mol. The van der Waals surface area contributed by atoms with Crippen LogP contribution >= 0.6 is 34.5 Å². The molecule has 0 unspecified atom stereocenters. The summed E-state index contributed by atoms with van der Waals surface area (Å²) in [5.74, 6) is -1.28. The highest BCUT2D eigenvalue weighted by Gasteiger charge is 2.22. The molecule has 0 fully saturated rings. The fourth-order valence-electron chi connectivity index (χ4n) is 1.91. The largest absolute Gasteiger partial charge is 0.293 e. The van der Waals surface area contributed by atoms with E-state index in [1.54, 1.807) is 18.2 Å². The van der Waals surface area contributed by atoms with Gasteiger partial charge in [0.05, 0.1) is 10.1 Å². The van der Waals surface area contributed by atoms with Crippen molar-refractivity contribution in [1.29, 1.82) is 0 Å². The van der Waals surface area contributed by atoms with Crippen LogP contribution in [0, 0.1) is 6.92 Å². The number of aryl methyl sites for hydroxylation is 1. The van der Waals surface area contributed by atoms with Crippen LogP contribution in [0.15, 0.2) is 30.3 Å². The molecule has 0 aliphatic rings. The molecule has 1 heterocycles. The lowest BCUT2D eigenvalue weighted by Crippen LogP contribution is -2.17. The Morgan fingerprint density at radius 1 is 1.24 bits per heavy atom. The van der Waals surface area contributed by atoms with Crippen LogP contribution in [0.2, 0.25) is 8.67 Å². The summed E-state index contributed by atoms with van der Waals surface area (Å²) in [7, 11) is -3.55. The fraction of sp³-hybridized carbons (Fsp3) is 0.214. The number of benzene rings is 1. The minimum atomic E-state index is -3.55. The number of hydrogen-bond donors (Lipinski definition) is 0. The lowest BCUT2D eigenvalue weighted by Gasteiger charge is -2.04. The maximum atomic E-state index is 12.1. The van der Waals surface area contributed by atoms with E-state index in [1.165, 1.54) is 6.07 Å². The van der Waals surface area contributed by atoms with Crippen molar-refractivity contribution >= 4 is 50.2 Å². The second-order valence-electron chi connectivity index (χ2n) is 4.68. The first-order chi connectivity index (χ1) is 9.77. The number of ketones is 1. The summed E-state index contributed by atoms with van der Waals surface area (Å²) in [4.78, 5) is 12.0. The SMILES string of the molecule is Cc1cccc(CS(=O)(=O)CC(=O)c2cc(Cl)sc2Cl)c1. The quantitative estimate of drug-likeness (QED) is 0.750. The maximum absolute atomic E-state index is 12.1. The van der Waals surface area contributed by atoms with Gasteiger partial charge in [-0.1, -0.05) is 53.0 Å². The molecule has 2 aromatic rings. The Labute approximate surface area is 137 Å². The van der Waals surface area contributed by atoms with E-state index < -0.39 is 21.4 Å². The van der Waals surface area contributed by atoms with Gasteiger partial charge in [0.1, 0.15) is 10.1 Å². The second kappa shape index (κ2) is 6.48. The number of thiophene rings is 1. The minimum absolute atomic E-state index is 0.166. The Kier molecular flexibility index (Phi) is 5.09. The topological polar surface area (TPSA) is 51.2 Å². The number of rotatable bonds is 5. The summed E-state index contributed by atoms with van der Waals surface area (Å²) in [6, 6.07) is 8.59. The van der Waals surface area contributed by atoms with Crippen LogP contribution in [0.5, 0.6) is 0 Å². The summed E-state index contributed by atoms with van der Waals surface area (Å²) >= 11 is 12.7. The van der Waals surface area contributed by atoms with E-state index in [0.717, 1.165) is 16.9 Å². The monoisotopic (exact) mass is 362 g/mol. The van der Waals surface area contributed by atoms with Gasteiger partial charge in [-0.25, -0.2) is 8.42 Å². The Morgan fingerprint density at radius 2 is 1.95 bits per heavy atom. The van der Waals surface area contributed by atoms with Gasteiger partial charge in [-0.2, -0.15) is 0 Å². The molecule has 0 atom stereocenters. The van der Waals surface area contributed by atoms with Gasteiger partial charge in [0.15, 0.2) is 15.6 Å². The summed E-state index contributed by atoms with van der Waals surface area (Å²) in [5.41, 5.74) is 1.80. The molecule has 0 saturated heterocycles. The van der Waals surface area contributed by atoms with Crippen molar-refractivity contribution < 1.29 is 13.2 Å². The first-order valence-corrected chi connectivity index (χ1v) is 9.40. The zero-order chi connectivity index (χ0) is 15.6. The van der Waals surface area contributed by atoms with Crippen LogP contribution in [-0.2, 0) is 15.6 Å². The van der Waals surface area contributed by atoms with E-state index in [1.807, 2.05) is 13.0 Å². The van der Waals surface area contributed by atoms with Gasteiger partial charge in [-0.05, 0) is 18.6 Å². The number of carbonyl (C=O) groups is 1. The van der Waals surface area contributed by atoms with Crippen molar-refractivity contribution in [3.63, 3.8) is 0 Å². The molecule has 7 heteroatoms. The number of halogens is 2. The molecule has 0 amide bonds. The van der Waals surface area contributed by atoms with Crippen molar-refractivity contribution in [2.45, 2.75) is 12.7 Å².